The Morgan fingerprint density at radius 1 is 1.47 bits per heavy atom. The van der Waals surface area contributed by atoms with Gasteiger partial charge in [-0.05, 0) is 18.2 Å². The average molecular weight is 287 g/mol. The number of hydrogen-bond acceptors (Lipinski definition) is 2. The van der Waals surface area contributed by atoms with Gasteiger partial charge in [0.25, 0.3) is 0 Å². The zero-order chi connectivity index (χ0) is 10.8. The third-order valence-electron chi connectivity index (χ3n) is 2.03. The predicted octanol–water partition coefficient (Wildman–Crippen LogP) is 3.33. The normalized spacial score (nSPS) is 10.3. The van der Waals surface area contributed by atoms with Crippen LogP contribution in [-0.4, -0.2) is 16.6 Å². The molecule has 3 nitrogen and oxygen atoms in total. The Kier molecular flexibility index (Phi) is 2.98. The summed E-state index contributed by atoms with van der Waals surface area (Å²) in [5.74, 6) is 0.759. The second-order valence-electron chi connectivity index (χ2n) is 2.97. The van der Waals surface area contributed by atoms with Gasteiger partial charge in [-0.2, -0.15) is 0 Å². The van der Waals surface area contributed by atoms with Crippen molar-refractivity contribution in [3.8, 4) is 5.69 Å². The van der Waals surface area contributed by atoms with E-state index in [-0.39, 0.29) is 0 Å². The molecular weight excluding hydrogens is 277 g/mol. The standard InChI is InChI=1S/C10H9BrClN3/c1-13-10-14-4-5-15(10)9-6-7(11)2-3-8(9)12/h2-6H,1H3,(H,13,14). The fourth-order valence-corrected chi connectivity index (χ4v) is 1.91. The fraction of sp³-hybridized carbons (Fsp3) is 0.100. The van der Waals surface area contributed by atoms with Crippen molar-refractivity contribution in [1.82, 2.24) is 9.55 Å². The summed E-state index contributed by atoms with van der Waals surface area (Å²) in [5.41, 5.74) is 0.896. The summed E-state index contributed by atoms with van der Waals surface area (Å²) in [6.45, 7) is 0. The minimum absolute atomic E-state index is 0.688. The van der Waals surface area contributed by atoms with Crippen LogP contribution in [0.15, 0.2) is 35.1 Å². The Balaban J connectivity index is 2.58. The predicted molar refractivity (Wildman–Crippen MR) is 65.8 cm³/mol. The van der Waals surface area contributed by atoms with E-state index in [0.29, 0.717) is 5.02 Å². The lowest BCUT2D eigenvalue weighted by atomic mass is 10.3. The molecule has 0 saturated carbocycles. The van der Waals surface area contributed by atoms with Crippen LogP contribution < -0.4 is 5.32 Å². The lowest BCUT2D eigenvalue weighted by Crippen LogP contribution is -2.01. The summed E-state index contributed by atoms with van der Waals surface area (Å²) in [6.07, 6.45) is 3.59. The lowest BCUT2D eigenvalue weighted by Gasteiger charge is -2.09. The molecule has 0 atom stereocenters. The molecule has 0 unspecified atom stereocenters. The summed E-state index contributed by atoms with van der Waals surface area (Å²) in [5, 5.41) is 3.69. The molecule has 5 heteroatoms. The second-order valence-corrected chi connectivity index (χ2v) is 4.29. The number of imidazole rings is 1. The lowest BCUT2D eigenvalue weighted by molar-refractivity contribution is 1.05. The van der Waals surface area contributed by atoms with E-state index in [4.69, 9.17) is 11.6 Å². The SMILES string of the molecule is CNc1nccn1-c1cc(Br)ccc1Cl. The van der Waals surface area contributed by atoms with Gasteiger partial charge in [-0.25, -0.2) is 4.98 Å². The molecule has 1 N–H and O–H groups in total. The molecule has 78 valence electrons. The average Bonchev–Trinajstić information content (AvgIpc) is 2.69. The highest BCUT2D eigenvalue weighted by Gasteiger charge is 2.07. The molecule has 0 aliphatic heterocycles. The summed E-state index contributed by atoms with van der Waals surface area (Å²) in [7, 11) is 1.82. The van der Waals surface area contributed by atoms with Gasteiger partial charge in [0.15, 0.2) is 0 Å². The number of halogens is 2. The molecule has 2 rings (SSSR count). The minimum atomic E-state index is 0.688. The molecule has 0 bridgehead atoms. The van der Waals surface area contributed by atoms with E-state index in [0.717, 1.165) is 16.1 Å². The van der Waals surface area contributed by atoms with Crippen LogP contribution in [0.25, 0.3) is 5.69 Å². The molecule has 0 aliphatic rings. The first-order valence-corrected chi connectivity index (χ1v) is 5.56. The Morgan fingerprint density at radius 2 is 2.27 bits per heavy atom. The summed E-state index contributed by atoms with van der Waals surface area (Å²) in [6, 6.07) is 5.70. The number of benzene rings is 1. The molecule has 1 heterocycles. The fourth-order valence-electron chi connectivity index (χ4n) is 1.35. The van der Waals surface area contributed by atoms with Crippen molar-refractivity contribution in [2.75, 3.05) is 12.4 Å². The largest absolute Gasteiger partial charge is 0.358 e. The Labute approximate surface area is 101 Å². The molecular formula is C10H9BrClN3. The van der Waals surface area contributed by atoms with Gasteiger partial charge in [-0.1, -0.05) is 27.5 Å². The van der Waals surface area contributed by atoms with Crippen molar-refractivity contribution in [3.63, 3.8) is 0 Å². The molecule has 2 aromatic rings. The van der Waals surface area contributed by atoms with Crippen LogP contribution in [-0.2, 0) is 0 Å². The molecule has 0 amide bonds. The number of aromatic nitrogens is 2. The van der Waals surface area contributed by atoms with Crippen molar-refractivity contribution in [2.45, 2.75) is 0 Å². The van der Waals surface area contributed by atoms with Crippen LogP contribution in [0.3, 0.4) is 0 Å². The maximum Gasteiger partial charge on any atom is 0.207 e. The van der Waals surface area contributed by atoms with Gasteiger partial charge in [0.2, 0.25) is 5.95 Å². The van der Waals surface area contributed by atoms with Crippen molar-refractivity contribution in [2.24, 2.45) is 0 Å². The number of rotatable bonds is 2. The van der Waals surface area contributed by atoms with Gasteiger partial charge in [-0.3, -0.25) is 4.57 Å². The van der Waals surface area contributed by atoms with E-state index in [2.05, 4.69) is 26.2 Å². The highest BCUT2D eigenvalue weighted by atomic mass is 79.9. The monoisotopic (exact) mass is 285 g/mol. The van der Waals surface area contributed by atoms with E-state index in [1.807, 2.05) is 36.0 Å². The van der Waals surface area contributed by atoms with Crippen LogP contribution in [0.1, 0.15) is 0 Å². The van der Waals surface area contributed by atoms with E-state index in [1.165, 1.54) is 0 Å². The molecule has 1 aromatic heterocycles. The minimum Gasteiger partial charge on any atom is -0.358 e. The molecule has 0 fully saturated rings. The first-order valence-electron chi connectivity index (χ1n) is 4.39. The van der Waals surface area contributed by atoms with Crippen LogP contribution in [0.5, 0.6) is 0 Å². The van der Waals surface area contributed by atoms with Gasteiger partial charge in [0.1, 0.15) is 0 Å². The Hall–Kier alpha value is -1.000. The second kappa shape index (κ2) is 4.24. The zero-order valence-electron chi connectivity index (χ0n) is 8.04. The molecule has 0 spiro atoms. The molecule has 0 radical (unpaired) electrons. The van der Waals surface area contributed by atoms with E-state index < -0.39 is 0 Å². The van der Waals surface area contributed by atoms with Crippen molar-refractivity contribution >= 4 is 33.5 Å². The van der Waals surface area contributed by atoms with Crippen LogP contribution >= 0.6 is 27.5 Å². The number of nitrogens with zero attached hydrogens (tertiary/aromatic N) is 2. The summed E-state index contributed by atoms with van der Waals surface area (Å²) in [4.78, 5) is 4.16. The van der Waals surface area contributed by atoms with Gasteiger partial charge >= 0.3 is 0 Å². The maximum atomic E-state index is 6.12. The number of nitrogens with one attached hydrogen (secondary N) is 1. The van der Waals surface area contributed by atoms with Crippen molar-refractivity contribution < 1.29 is 0 Å². The number of anilines is 1. The third-order valence-corrected chi connectivity index (χ3v) is 2.84. The molecule has 15 heavy (non-hydrogen) atoms. The van der Waals surface area contributed by atoms with Gasteiger partial charge in [0.05, 0.1) is 10.7 Å². The smallest absolute Gasteiger partial charge is 0.207 e. The first-order chi connectivity index (χ1) is 7.22. The van der Waals surface area contributed by atoms with E-state index in [1.54, 1.807) is 6.20 Å². The van der Waals surface area contributed by atoms with E-state index in [9.17, 15) is 0 Å². The van der Waals surface area contributed by atoms with Crippen LogP contribution in [0, 0.1) is 0 Å². The summed E-state index contributed by atoms with van der Waals surface area (Å²) < 4.78 is 2.88. The maximum absolute atomic E-state index is 6.12. The van der Waals surface area contributed by atoms with Gasteiger partial charge in [-0.15, -0.1) is 0 Å². The highest BCUT2D eigenvalue weighted by molar-refractivity contribution is 9.10. The topological polar surface area (TPSA) is 29.9 Å². The van der Waals surface area contributed by atoms with Gasteiger partial charge in [0, 0.05) is 23.9 Å². The molecule has 0 aliphatic carbocycles. The first kappa shape index (κ1) is 10.5. The Bertz CT molecular complexity index is 481. The Morgan fingerprint density at radius 3 is 3.00 bits per heavy atom. The molecule has 0 saturated heterocycles. The van der Waals surface area contributed by atoms with Crippen molar-refractivity contribution in [3.05, 3.63) is 40.1 Å². The third kappa shape index (κ3) is 2.01. The van der Waals surface area contributed by atoms with Gasteiger partial charge < -0.3 is 5.32 Å². The number of hydrogen-bond donors (Lipinski definition) is 1. The summed E-state index contributed by atoms with van der Waals surface area (Å²) >= 11 is 9.53. The van der Waals surface area contributed by atoms with Crippen molar-refractivity contribution in [1.29, 1.82) is 0 Å². The quantitative estimate of drug-likeness (QED) is 0.918. The highest BCUT2D eigenvalue weighted by Crippen LogP contribution is 2.26. The van der Waals surface area contributed by atoms with Crippen LogP contribution in [0.4, 0.5) is 5.95 Å². The molecule has 1 aromatic carbocycles. The van der Waals surface area contributed by atoms with Crippen LogP contribution in [0.2, 0.25) is 5.02 Å². The zero-order valence-corrected chi connectivity index (χ0v) is 10.4. The van der Waals surface area contributed by atoms with E-state index >= 15 is 0 Å².